The van der Waals surface area contributed by atoms with Gasteiger partial charge in [-0.2, -0.15) is 0 Å². The third-order valence-corrected chi connectivity index (χ3v) is 5.68. The minimum Gasteiger partial charge on any atom is -0.504 e. The number of thiophene rings is 1. The Bertz CT molecular complexity index is 1000. The minimum atomic E-state index is -0.0592. The van der Waals surface area contributed by atoms with Gasteiger partial charge in [-0.05, 0) is 54.4 Å². The summed E-state index contributed by atoms with van der Waals surface area (Å²) in [4.78, 5) is 18.3. The zero-order valence-corrected chi connectivity index (χ0v) is 17.6. The molecular weight excluding hydrogens is 386 g/mol. The number of anilines is 1. The van der Waals surface area contributed by atoms with E-state index >= 15 is 0 Å². The minimum absolute atomic E-state index is 0.0592. The van der Waals surface area contributed by atoms with Crippen molar-refractivity contribution in [1.29, 1.82) is 0 Å². The monoisotopic (exact) mass is 411 g/mol. The molecule has 2 aromatic heterocycles. The standard InChI is InChI=1S/C22H25N3O3S/c1-4-17-6-8-21(29-17)16-11-18(15-5-7-19(27)20(12-15)28-3)25-22(13-16)24-10-9-23-14(2)26/h5-8,11-13,27H,4,9-10H2,1-3H3,(H,23,26)(H,24,25). The first-order valence-electron chi connectivity index (χ1n) is 9.47. The van der Waals surface area contributed by atoms with E-state index in [2.05, 4.69) is 29.7 Å². The van der Waals surface area contributed by atoms with E-state index in [-0.39, 0.29) is 11.7 Å². The van der Waals surface area contributed by atoms with Crippen LogP contribution >= 0.6 is 11.3 Å². The highest BCUT2D eigenvalue weighted by Gasteiger charge is 2.11. The Labute approximate surface area is 174 Å². The zero-order chi connectivity index (χ0) is 20.8. The number of aromatic nitrogens is 1. The first-order valence-corrected chi connectivity index (χ1v) is 10.3. The molecule has 0 saturated heterocycles. The molecule has 0 unspecified atom stereocenters. The maximum absolute atomic E-state index is 11.1. The largest absolute Gasteiger partial charge is 0.504 e. The highest BCUT2D eigenvalue weighted by molar-refractivity contribution is 7.15. The van der Waals surface area contributed by atoms with E-state index in [1.54, 1.807) is 23.5 Å². The predicted octanol–water partition coefficient (Wildman–Crippen LogP) is 4.30. The van der Waals surface area contributed by atoms with Gasteiger partial charge >= 0.3 is 0 Å². The molecule has 3 N–H and O–H groups in total. The molecule has 3 aromatic rings. The van der Waals surface area contributed by atoms with Crippen LogP contribution in [0.5, 0.6) is 11.5 Å². The molecule has 0 atom stereocenters. The van der Waals surface area contributed by atoms with Gasteiger partial charge in [0, 0.05) is 35.3 Å². The molecule has 0 spiro atoms. The Hall–Kier alpha value is -3.06. The van der Waals surface area contributed by atoms with Crippen molar-refractivity contribution in [2.45, 2.75) is 20.3 Å². The number of phenolic OH excluding ortho intramolecular Hbond substituents is 1. The van der Waals surface area contributed by atoms with Crippen molar-refractivity contribution >= 4 is 23.1 Å². The molecule has 0 fully saturated rings. The van der Waals surface area contributed by atoms with Crippen molar-refractivity contribution in [1.82, 2.24) is 10.3 Å². The van der Waals surface area contributed by atoms with Gasteiger partial charge in [-0.15, -0.1) is 11.3 Å². The van der Waals surface area contributed by atoms with Crippen LogP contribution in [0, 0.1) is 0 Å². The number of nitrogens with one attached hydrogen (secondary N) is 2. The summed E-state index contributed by atoms with van der Waals surface area (Å²) in [6.45, 7) is 4.73. The van der Waals surface area contributed by atoms with E-state index in [0.717, 1.165) is 29.1 Å². The van der Waals surface area contributed by atoms with Crippen LogP contribution in [0.1, 0.15) is 18.7 Å². The fourth-order valence-corrected chi connectivity index (χ4v) is 3.84. The number of hydrogen-bond donors (Lipinski definition) is 3. The van der Waals surface area contributed by atoms with E-state index in [0.29, 0.717) is 18.8 Å². The topological polar surface area (TPSA) is 83.5 Å². The molecule has 0 bridgehead atoms. The van der Waals surface area contributed by atoms with E-state index in [9.17, 15) is 9.90 Å². The first kappa shape index (κ1) is 20.7. The Balaban J connectivity index is 1.96. The summed E-state index contributed by atoms with van der Waals surface area (Å²) in [7, 11) is 1.52. The lowest BCUT2D eigenvalue weighted by molar-refractivity contribution is -0.118. The van der Waals surface area contributed by atoms with Crippen molar-refractivity contribution in [3.63, 3.8) is 0 Å². The first-order chi connectivity index (χ1) is 14.0. The van der Waals surface area contributed by atoms with Gasteiger partial charge in [-0.3, -0.25) is 4.79 Å². The fourth-order valence-electron chi connectivity index (χ4n) is 2.90. The lowest BCUT2D eigenvalue weighted by atomic mass is 10.1. The van der Waals surface area contributed by atoms with Crippen LogP contribution in [0.2, 0.25) is 0 Å². The SMILES string of the molecule is CCc1ccc(-c2cc(NCCNC(C)=O)nc(-c3ccc(O)c(OC)c3)c2)s1. The van der Waals surface area contributed by atoms with Gasteiger partial charge in [-0.1, -0.05) is 6.92 Å². The van der Waals surface area contributed by atoms with Gasteiger partial charge in [-0.25, -0.2) is 4.98 Å². The molecule has 29 heavy (non-hydrogen) atoms. The summed E-state index contributed by atoms with van der Waals surface area (Å²) in [6, 6.07) is 13.5. The molecular formula is C22H25N3O3S. The second-order valence-electron chi connectivity index (χ2n) is 6.54. The molecule has 1 aromatic carbocycles. The van der Waals surface area contributed by atoms with Crippen LogP contribution in [0.15, 0.2) is 42.5 Å². The molecule has 3 rings (SSSR count). The van der Waals surface area contributed by atoms with Gasteiger partial charge in [0.05, 0.1) is 12.8 Å². The molecule has 0 aliphatic heterocycles. The van der Waals surface area contributed by atoms with Crippen LogP contribution in [0.25, 0.3) is 21.7 Å². The van der Waals surface area contributed by atoms with Crippen molar-refractivity contribution < 1.29 is 14.6 Å². The average molecular weight is 412 g/mol. The number of carbonyl (C=O) groups excluding carboxylic acids is 1. The second kappa shape index (κ2) is 9.43. The van der Waals surface area contributed by atoms with Gasteiger partial charge in [0.25, 0.3) is 0 Å². The maximum Gasteiger partial charge on any atom is 0.216 e. The molecule has 1 amide bonds. The summed E-state index contributed by atoms with van der Waals surface area (Å²) in [6.07, 6.45) is 1.000. The average Bonchev–Trinajstić information content (AvgIpc) is 3.20. The highest BCUT2D eigenvalue weighted by atomic mass is 32.1. The summed E-state index contributed by atoms with van der Waals surface area (Å²) in [5, 5.41) is 15.9. The third kappa shape index (κ3) is 5.26. The molecule has 0 saturated carbocycles. The van der Waals surface area contributed by atoms with Gasteiger partial charge in [0.2, 0.25) is 5.91 Å². The Morgan fingerprint density at radius 2 is 1.97 bits per heavy atom. The number of nitrogens with zero attached hydrogens (tertiary/aromatic N) is 1. The van der Waals surface area contributed by atoms with Crippen LogP contribution in [0.4, 0.5) is 5.82 Å². The Kier molecular flexibility index (Phi) is 6.72. The lowest BCUT2D eigenvalue weighted by Crippen LogP contribution is -2.26. The third-order valence-electron chi connectivity index (χ3n) is 4.40. The summed E-state index contributed by atoms with van der Waals surface area (Å²) in [5.41, 5.74) is 2.68. The van der Waals surface area contributed by atoms with Crippen LogP contribution < -0.4 is 15.4 Å². The number of methoxy groups -OCH3 is 1. The number of hydrogen-bond acceptors (Lipinski definition) is 6. The zero-order valence-electron chi connectivity index (χ0n) is 16.8. The van der Waals surface area contributed by atoms with E-state index < -0.39 is 0 Å². The van der Waals surface area contributed by atoms with Gasteiger partial charge in [0.1, 0.15) is 5.82 Å². The number of pyridine rings is 1. The fraction of sp³-hybridized carbons (Fsp3) is 0.273. The lowest BCUT2D eigenvalue weighted by Gasteiger charge is -2.12. The summed E-state index contributed by atoms with van der Waals surface area (Å²) in [5.74, 6) is 1.16. The normalized spacial score (nSPS) is 10.6. The Morgan fingerprint density at radius 1 is 1.14 bits per heavy atom. The van der Waals surface area contributed by atoms with Crippen LogP contribution in [0.3, 0.4) is 0 Å². The molecule has 0 radical (unpaired) electrons. The predicted molar refractivity (Wildman–Crippen MR) is 118 cm³/mol. The molecule has 7 heteroatoms. The van der Waals surface area contributed by atoms with Crippen molar-refractivity contribution in [2.75, 3.05) is 25.5 Å². The molecule has 2 heterocycles. The van der Waals surface area contributed by atoms with Crippen molar-refractivity contribution in [3.8, 4) is 33.2 Å². The maximum atomic E-state index is 11.1. The van der Waals surface area contributed by atoms with E-state index in [1.807, 2.05) is 18.2 Å². The number of amides is 1. The summed E-state index contributed by atoms with van der Waals surface area (Å²) < 4.78 is 5.24. The molecule has 152 valence electrons. The van der Waals surface area contributed by atoms with Crippen LogP contribution in [-0.4, -0.2) is 36.2 Å². The molecule has 0 aliphatic rings. The number of carbonyl (C=O) groups is 1. The number of ether oxygens (including phenoxy) is 1. The van der Waals surface area contributed by atoms with Gasteiger partial charge < -0.3 is 20.5 Å². The summed E-state index contributed by atoms with van der Waals surface area (Å²) >= 11 is 1.76. The number of benzene rings is 1. The Morgan fingerprint density at radius 3 is 2.66 bits per heavy atom. The van der Waals surface area contributed by atoms with E-state index in [1.165, 1.54) is 23.8 Å². The number of aromatic hydroxyl groups is 1. The highest BCUT2D eigenvalue weighted by Crippen LogP contribution is 2.35. The molecule has 6 nitrogen and oxygen atoms in total. The molecule has 0 aliphatic carbocycles. The van der Waals surface area contributed by atoms with E-state index in [4.69, 9.17) is 9.72 Å². The number of aryl methyl sites for hydroxylation is 1. The van der Waals surface area contributed by atoms with Crippen molar-refractivity contribution in [3.05, 3.63) is 47.3 Å². The number of phenols is 1. The number of rotatable bonds is 8. The van der Waals surface area contributed by atoms with Gasteiger partial charge in [0.15, 0.2) is 11.5 Å². The smallest absolute Gasteiger partial charge is 0.216 e. The van der Waals surface area contributed by atoms with Crippen molar-refractivity contribution in [2.24, 2.45) is 0 Å². The second-order valence-corrected chi connectivity index (χ2v) is 7.71. The quantitative estimate of drug-likeness (QED) is 0.481. The van der Waals surface area contributed by atoms with Crippen LogP contribution in [-0.2, 0) is 11.2 Å².